The highest BCUT2D eigenvalue weighted by molar-refractivity contribution is 6.31. The minimum absolute atomic E-state index is 0.286. The molecule has 3 nitrogen and oxygen atoms in total. The Hall–Kier alpha value is -0.610. The summed E-state index contributed by atoms with van der Waals surface area (Å²) >= 11 is 5.99. The first-order valence-electron chi connectivity index (χ1n) is 7.01. The van der Waals surface area contributed by atoms with Gasteiger partial charge in [-0.05, 0) is 50.0 Å². The standard InChI is InChI=1S/C15H23ClN2O/c1-12-8-13(4-5-15(12)16)9-17-10-14(19)11-18-6-2-3-7-18/h4-5,8,14,17,19H,2-3,6-7,9-11H2,1H3. The van der Waals surface area contributed by atoms with Gasteiger partial charge in [-0.1, -0.05) is 23.7 Å². The van der Waals surface area contributed by atoms with E-state index in [9.17, 15) is 5.11 Å². The largest absolute Gasteiger partial charge is 0.390 e. The van der Waals surface area contributed by atoms with Gasteiger partial charge in [-0.15, -0.1) is 0 Å². The van der Waals surface area contributed by atoms with Crippen LogP contribution < -0.4 is 5.32 Å². The Morgan fingerprint density at radius 2 is 2.11 bits per heavy atom. The van der Waals surface area contributed by atoms with E-state index in [-0.39, 0.29) is 6.10 Å². The molecule has 1 atom stereocenters. The molecule has 0 radical (unpaired) electrons. The predicted octanol–water partition coefficient (Wildman–Crippen LogP) is 2.19. The molecule has 1 saturated heterocycles. The van der Waals surface area contributed by atoms with Crippen molar-refractivity contribution in [1.82, 2.24) is 10.2 Å². The van der Waals surface area contributed by atoms with Gasteiger partial charge in [0.2, 0.25) is 0 Å². The molecule has 1 heterocycles. The van der Waals surface area contributed by atoms with Crippen LogP contribution in [0.5, 0.6) is 0 Å². The average Bonchev–Trinajstić information content (AvgIpc) is 2.86. The average molecular weight is 283 g/mol. The number of rotatable bonds is 6. The van der Waals surface area contributed by atoms with Crippen LogP contribution in [0.15, 0.2) is 18.2 Å². The quantitative estimate of drug-likeness (QED) is 0.840. The van der Waals surface area contributed by atoms with Crippen molar-refractivity contribution in [2.75, 3.05) is 26.2 Å². The minimum Gasteiger partial charge on any atom is -0.390 e. The van der Waals surface area contributed by atoms with Crippen molar-refractivity contribution in [2.24, 2.45) is 0 Å². The molecule has 1 aliphatic heterocycles. The van der Waals surface area contributed by atoms with Gasteiger partial charge in [-0.3, -0.25) is 0 Å². The summed E-state index contributed by atoms with van der Waals surface area (Å²) < 4.78 is 0. The van der Waals surface area contributed by atoms with Crippen LogP contribution in [0.4, 0.5) is 0 Å². The van der Waals surface area contributed by atoms with E-state index in [2.05, 4.69) is 16.3 Å². The number of nitrogens with zero attached hydrogens (tertiary/aromatic N) is 1. The molecule has 19 heavy (non-hydrogen) atoms. The molecule has 1 aromatic rings. The van der Waals surface area contributed by atoms with Crippen LogP contribution in [0.1, 0.15) is 24.0 Å². The number of β-amino-alcohol motifs (C(OH)–C–C–N with tert-alkyl or cyclic N) is 1. The molecule has 0 bridgehead atoms. The second-order valence-electron chi connectivity index (χ2n) is 5.38. The summed E-state index contributed by atoms with van der Waals surface area (Å²) in [7, 11) is 0. The minimum atomic E-state index is -0.286. The molecule has 0 aliphatic carbocycles. The number of aryl methyl sites for hydroxylation is 1. The SMILES string of the molecule is Cc1cc(CNCC(O)CN2CCCC2)ccc1Cl. The maximum Gasteiger partial charge on any atom is 0.0791 e. The topological polar surface area (TPSA) is 35.5 Å². The highest BCUT2D eigenvalue weighted by Gasteiger charge is 2.15. The van der Waals surface area contributed by atoms with Crippen molar-refractivity contribution < 1.29 is 5.11 Å². The molecule has 0 spiro atoms. The number of aliphatic hydroxyl groups excluding tert-OH is 1. The summed E-state index contributed by atoms with van der Waals surface area (Å²) in [6.07, 6.45) is 2.25. The van der Waals surface area contributed by atoms with E-state index >= 15 is 0 Å². The number of halogens is 1. The molecule has 0 saturated carbocycles. The summed E-state index contributed by atoms with van der Waals surface area (Å²) in [5.74, 6) is 0. The zero-order valence-electron chi connectivity index (χ0n) is 11.5. The smallest absolute Gasteiger partial charge is 0.0791 e. The Labute approximate surface area is 120 Å². The summed E-state index contributed by atoms with van der Waals surface area (Å²) in [5.41, 5.74) is 2.30. The van der Waals surface area contributed by atoms with E-state index in [1.807, 2.05) is 19.1 Å². The predicted molar refractivity (Wildman–Crippen MR) is 79.6 cm³/mol. The fraction of sp³-hybridized carbons (Fsp3) is 0.600. The van der Waals surface area contributed by atoms with E-state index < -0.39 is 0 Å². The van der Waals surface area contributed by atoms with E-state index in [1.54, 1.807) is 0 Å². The second-order valence-corrected chi connectivity index (χ2v) is 5.78. The first-order valence-corrected chi connectivity index (χ1v) is 7.39. The molecule has 106 valence electrons. The summed E-state index contributed by atoms with van der Waals surface area (Å²) in [6.45, 7) is 6.47. The molecule has 1 fully saturated rings. The van der Waals surface area contributed by atoms with Crippen LogP contribution in [0, 0.1) is 6.92 Å². The normalized spacial score (nSPS) is 17.8. The number of hydrogen-bond donors (Lipinski definition) is 2. The van der Waals surface area contributed by atoms with Crippen LogP contribution in [-0.4, -0.2) is 42.3 Å². The lowest BCUT2D eigenvalue weighted by atomic mass is 10.1. The van der Waals surface area contributed by atoms with E-state index in [4.69, 9.17) is 11.6 Å². The van der Waals surface area contributed by atoms with Gasteiger partial charge in [0.05, 0.1) is 6.10 Å². The van der Waals surface area contributed by atoms with Gasteiger partial charge < -0.3 is 15.3 Å². The zero-order valence-corrected chi connectivity index (χ0v) is 12.3. The van der Waals surface area contributed by atoms with Crippen molar-refractivity contribution in [3.8, 4) is 0 Å². The molecule has 4 heteroatoms. The maximum absolute atomic E-state index is 9.96. The molecule has 0 amide bonds. The van der Waals surface area contributed by atoms with Crippen LogP contribution in [-0.2, 0) is 6.54 Å². The van der Waals surface area contributed by atoms with Gasteiger partial charge in [0, 0.05) is 24.7 Å². The molecule has 1 unspecified atom stereocenters. The fourth-order valence-electron chi connectivity index (χ4n) is 2.53. The van der Waals surface area contributed by atoms with Crippen molar-refractivity contribution in [1.29, 1.82) is 0 Å². The number of aliphatic hydroxyl groups is 1. The molecule has 2 rings (SSSR count). The van der Waals surface area contributed by atoms with Crippen LogP contribution in [0.25, 0.3) is 0 Å². The molecule has 0 aromatic heterocycles. The van der Waals surface area contributed by atoms with Crippen molar-refractivity contribution in [2.45, 2.75) is 32.4 Å². The highest BCUT2D eigenvalue weighted by Crippen LogP contribution is 2.16. The van der Waals surface area contributed by atoms with Crippen LogP contribution in [0.3, 0.4) is 0 Å². The molecular weight excluding hydrogens is 260 g/mol. The maximum atomic E-state index is 9.96. The van der Waals surface area contributed by atoms with Crippen molar-refractivity contribution in [3.63, 3.8) is 0 Å². The number of benzene rings is 1. The Kier molecular flexibility index (Phi) is 5.64. The van der Waals surface area contributed by atoms with Crippen molar-refractivity contribution in [3.05, 3.63) is 34.3 Å². The number of likely N-dealkylation sites (tertiary alicyclic amines) is 1. The molecule has 1 aliphatic rings. The number of hydrogen-bond acceptors (Lipinski definition) is 3. The third-order valence-electron chi connectivity index (χ3n) is 3.60. The Bertz CT molecular complexity index is 405. The van der Waals surface area contributed by atoms with Crippen molar-refractivity contribution >= 4 is 11.6 Å². The molecule has 2 N–H and O–H groups in total. The highest BCUT2D eigenvalue weighted by atomic mass is 35.5. The fourth-order valence-corrected chi connectivity index (χ4v) is 2.65. The van der Waals surface area contributed by atoms with E-state index in [0.717, 1.165) is 36.8 Å². The monoisotopic (exact) mass is 282 g/mol. The molecule has 1 aromatic carbocycles. The Balaban J connectivity index is 1.68. The molecular formula is C15H23ClN2O. The summed E-state index contributed by atoms with van der Waals surface area (Å²) in [6, 6.07) is 6.03. The van der Waals surface area contributed by atoms with Gasteiger partial charge in [-0.2, -0.15) is 0 Å². The lowest BCUT2D eigenvalue weighted by Gasteiger charge is -2.19. The zero-order chi connectivity index (χ0) is 13.7. The summed E-state index contributed by atoms with van der Waals surface area (Å²) in [5, 5.41) is 14.1. The third-order valence-corrected chi connectivity index (χ3v) is 4.02. The van der Waals surface area contributed by atoms with Crippen LogP contribution >= 0.6 is 11.6 Å². The lowest BCUT2D eigenvalue weighted by molar-refractivity contribution is 0.123. The number of nitrogens with one attached hydrogen (secondary N) is 1. The van der Waals surface area contributed by atoms with E-state index in [0.29, 0.717) is 6.54 Å². The van der Waals surface area contributed by atoms with E-state index in [1.165, 1.54) is 18.4 Å². The third kappa shape index (κ3) is 4.77. The second kappa shape index (κ2) is 7.25. The van der Waals surface area contributed by atoms with Gasteiger partial charge in [0.15, 0.2) is 0 Å². The Morgan fingerprint density at radius 3 is 2.79 bits per heavy atom. The van der Waals surface area contributed by atoms with Gasteiger partial charge in [0.1, 0.15) is 0 Å². The Morgan fingerprint density at radius 1 is 1.37 bits per heavy atom. The summed E-state index contributed by atoms with van der Waals surface area (Å²) in [4.78, 5) is 2.33. The first kappa shape index (κ1) is 14.8. The van der Waals surface area contributed by atoms with Gasteiger partial charge >= 0.3 is 0 Å². The first-order chi connectivity index (χ1) is 9.15. The van der Waals surface area contributed by atoms with Crippen LogP contribution in [0.2, 0.25) is 5.02 Å². The van der Waals surface area contributed by atoms with Gasteiger partial charge in [0.25, 0.3) is 0 Å². The van der Waals surface area contributed by atoms with Gasteiger partial charge in [-0.25, -0.2) is 0 Å². The lowest BCUT2D eigenvalue weighted by Crippen LogP contribution is -2.36.